The molecular formula is C9H13N3S. The Morgan fingerprint density at radius 2 is 2.31 bits per heavy atom. The Labute approximate surface area is 82.5 Å². The van der Waals surface area contributed by atoms with E-state index in [0.717, 1.165) is 10.6 Å². The Balaban J connectivity index is 2.88. The van der Waals surface area contributed by atoms with Gasteiger partial charge in [-0.3, -0.25) is 0 Å². The van der Waals surface area contributed by atoms with Crippen LogP contribution in [-0.2, 0) is 0 Å². The number of nitrogens with zero attached hydrogens (tertiary/aromatic N) is 2. The number of nitrogens with two attached hydrogens (primary N) is 1. The van der Waals surface area contributed by atoms with Crippen LogP contribution >= 0.6 is 11.5 Å². The molecule has 3 nitrogen and oxygen atoms in total. The van der Waals surface area contributed by atoms with Gasteiger partial charge in [-0.1, -0.05) is 18.3 Å². The smallest absolute Gasteiger partial charge is 0.0829 e. The quantitative estimate of drug-likeness (QED) is 0.747. The molecule has 0 aliphatic carbocycles. The highest BCUT2D eigenvalue weighted by atomic mass is 32.1. The van der Waals surface area contributed by atoms with Gasteiger partial charge in [0.05, 0.1) is 16.6 Å². The van der Waals surface area contributed by atoms with Crippen LogP contribution < -0.4 is 5.73 Å². The van der Waals surface area contributed by atoms with E-state index in [1.807, 2.05) is 0 Å². The van der Waals surface area contributed by atoms with E-state index in [4.69, 9.17) is 12.2 Å². The first-order valence-corrected chi connectivity index (χ1v) is 4.95. The third kappa shape index (κ3) is 2.27. The fourth-order valence-corrected chi connectivity index (χ4v) is 1.89. The molecule has 0 aliphatic rings. The third-order valence-electron chi connectivity index (χ3n) is 1.76. The second kappa shape index (κ2) is 4.35. The second-order valence-electron chi connectivity index (χ2n) is 3.19. The highest BCUT2D eigenvalue weighted by Crippen LogP contribution is 2.25. The van der Waals surface area contributed by atoms with E-state index in [-0.39, 0.29) is 6.04 Å². The molecule has 0 aromatic carbocycles. The summed E-state index contributed by atoms with van der Waals surface area (Å²) in [5.74, 6) is 2.91. The van der Waals surface area contributed by atoms with Gasteiger partial charge in [-0.15, -0.1) is 17.4 Å². The summed E-state index contributed by atoms with van der Waals surface area (Å²) in [6.07, 6.45) is 5.74. The van der Waals surface area contributed by atoms with Gasteiger partial charge in [0.1, 0.15) is 0 Å². The maximum Gasteiger partial charge on any atom is 0.0829 e. The van der Waals surface area contributed by atoms with Crippen molar-refractivity contribution in [2.45, 2.75) is 32.2 Å². The molecule has 70 valence electrons. The summed E-state index contributed by atoms with van der Waals surface area (Å²) >= 11 is 1.34. The molecule has 0 aliphatic heterocycles. The molecule has 2 N–H and O–H groups in total. The van der Waals surface area contributed by atoms with Crippen molar-refractivity contribution >= 4 is 11.5 Å². The predicted octanol–water partition coefficient (Wildman–Crippen LogP) is 1.68. The van der Waals surface area contributed by atoms with Gasteiger partial charge in [-0.2, -0.15) is 0 Å². The second-order valence-corrected chi connectivity index (χ2v) is 3.98. The molecule has 0 fully saturated rings. The minimum Gasteiger partial charge on any atom is -0.322 e. The molecule has 1 aromatic rings. The van der Waals surface area contributed by atoms with Crippen molar-refractivity contribution in [1.82, 2.24) is 9.59 Å². The minimum atomic E-state index is -0.109. The summed E-state index contributed by atoms with van der Waals surface area (Å²) in [5, 5.41) is 4.04. The van der Waals surface area contributed by atoms with Crippen LogP contribution in [0.15, 0.2) is 0 Å². The monoisotopic (exact) mass is 195 g/mol. The molecule has 0 radical (unpaired) electrons. The fourth-order valence-electron chi connectivity index (χ4n) is 1.08. The van der Waals surface area contributed by atoms with Crippen LogP contribution in [0.25, 0.3) is 0 Å². The van der Waals surface area contributed by atoms with Crippen molar-refractivity contribution in [3.63, 3.8) is 0 Å². The van der Waals surface area contributed by atoms with Crippen molar-refractivity contribution in [3.05, 3.63) is 10.6 Å². The molecular weight excluding hydrogens is 182 g/mol. The van der Waals surface area contributed by atoms with Gasteiger partial charge in [0.25, 0.3) is 0 Å². The Kier molecular flexibility index (Phi) is 3.40. The van der Waals surface area contributed by atoms with Crippen LogP contribution in [0.3, 0.4) is 0 Å². The summed E-state index contributed by atoms with van der Waals surface area (Å²) in [4.78, 5) is 1.02. The van der Waals surface area contributed by atoms with E-state index in [0.29, 0.717) is 12.3 Å². The van der Waals surface area contributed by atoms with E-state index in [9.17, 15) is 0 Å². The van der Waals surface area contributed by atoms with Gasteiger partial charge < -0.3 is 5.73 Å². The first-order valence-electron chi connectivity index (χ1n) is 4.18. The van der Waals surface area contributed by atoms with Gasteiger partial charge in [0.15, 0.2) is 0 Å². The number of hydrogen-bond acceptors (Lipinski definition) is 4. The van der Waals surface area contributed by atoms with Gasteiger partial charge >= 0.3 is 0 Å². The Morgan fingerprint density at radius 1 is 1.62 bits per heavy atom. The van der Waals surface area contributed by atoms with E-state index in [1.54, 1.807) is 0 Å². The highest BCUT2D eigenvalue weighted by molar-refractivity contribution is 7.05. The van der Waals surface area contributed by atoms with Crippen molar-refractivity contribution in [1.29, 1.82) is 0 Å². The van der Waals surface area contributed by atoms with Gasteiger partial charge in [0, 0.05) is 6.42 Å². The molecule has 1 rings (SSSR count). The van der Waals surface area contributed by atoms with Crippen LogP contribution in [0.5, 0.6) is 0 Å². The largest absolute Gasteiger partial charge is 0.322 e. The van der Waals surface area contributed by atoms with Crippen molar-refractivity contribution in [2.75, 3.05) is 0 Å². The van der Waals surface area contributed by atoms with E-state index >= 15 is 0 Å². The first kappa shape index (κ1) is 10.2. The predicted molar refractivity (Wildman–Crippen MR) is 54.4 cm³/mol. The van der Waals surface area contributed by atoms with E-state index in [1.165, 1.54) is 11.5 Å². The average molecular weight is 195 g/mol. The fraction of sp³-hybridized carbons (Fsp3) is 0.556. The molecule has 1 atom stereocenters. The van der Waals surface area contributed by atoms with Gasteiger partial charge in [-0.05, 0) is 17.5 Å². The SMILES string of the molecule is C#CCC(N)c1snnc1C(C)C. The summed E-state index contributed by atoms with van der Waals surface area (Å²) < 4.78 is 3.89. The van der Waals surface area contributed by atoms with Crippen LogP contribution in [0, 0.1) is 12.3 Å². The van der Waals surface area contributed by atoms with Crippen LogP contribution in [0.4, 0.5) is 0 Å². The number of rotatable bonds is 3. The zero-order valence-electron chi connectivity index (χ0n) is 7.82. The maximum absolute atomic E-state index is 5.88. The standard InChI is InChI=1S/C9H13N3S/c1-4-5-7(10)9-8(6(2)3)11-12-13-9/h1,6-7H,5,10H2,2-3H3. The van der Waals surface area contributed by atoms with Crippen LogP contribution in [0.1, 0.15) is 42.8 Å². The highest BCUT2D eigenvalue weighted by Gasteiger charge is 2.16. The molecule has 1 heterocycles. The number of aromatic nitrogens is 2. The maximum atomic E-state index is 5.88. The molecule has 13 heavy (non-hydrogen) atoms. The lowest BCUT2D eigenvalue weighted by Gasteiger charge is -2.08. The molecule has 0 saturated carbocycles. The number of hydrogen-bond donors (Lipinski definition) is 1. The summed E-state index contributed by atoms with van der Waals surface area (Å²) in [6.45, 7) is 4.14. The lowest BCUT2D eigenvalue weighted by molar-refractivity contribution is 0.722. The summed E-state index contributed by atoms with van der Waals surface area (Å²) in [7, 11) is 0. The van der Waals surface area contributed by atoms with Crippen molar-refractivity contribution < 1.29 is 0 Å². The lowest BCUT2D eigenvalue weighted by Crippen LogP contribution is -2.10. The molecule has 4 heteroatoms. The molecule has 0 bridgehead atoms. The Hall–Kier alpha value is -0.920. The molecule has 0 spiro atoms. The van der Waals surface area contributed by atoms with Crippen LogP contribution in [0.2, 0.25) is 0 Å². The van der Waals surface area contributed by atoms with Crippen molar-refractivity contribution in [3.8, 4) is 12.3 Å². The minimum absolute atomic E-state index is 0.109. The van der Waals surface area contributed by atoms with Gasteiger partial charge in [0.2, 0.25) is 0 Å². The Morgan fingerprint density at radius 3 is 2.85 bits per heavy atom. The van der Waals surface area contributed by atoms with Gasteiger partial charge in [-0.25, -0.2) is 0 Å². The summed E-state index contributed by atoms with van der Waals surface area (Å²) in [6, 6.07) is -0.109. The normalized spacial score (nSPS) is 12.8. The zero-order valence-corrected chi connectivity index (χ0v) is 8.64. The first-order chi connectivity index (χ1) is 6.16. The van der Waals surface area contributed by atoms with Crippen LogP contribution in [-0.4, -0.2) is 9.59 Å². The van der Waals surface area contributed by atoms with Crippen molar-refractivity contribution in [2.24, 2.45) is 5.73 Å². The zero-order chi connectivity index (χ0) is 9.84. The molecule has 0 amide bonds. The lowest BCUT2D eigenvalue weighted by atomic mass is 10.1. The summed E-state index contributed by atoms with van der Waals surface area (Å²) in [5.41, 5.74) is 6.86. The van der Waals surface area contributed by atoms with E-state index < -0.39 is 0 Å². The average Bonchev–Trinajstić information content (AvgIpc) is 2.52. The number of terminal acetylenes is 1. The molecule has 1 unspecified atom stereocenters. The van der Waals surface area contributed by atoms with E-state index in [2.05, 4.69) is 29.4 Å². The molecule has 0 saturated heterocycles. The molecule has 1 aromatic heterocycles. The Bertz CT molecular complexity index is 311. The topological polar surface area (TPSA) is 51.8 Å². The third-order valence-corrected chi connectivity index (χ3v) is 2.63.